The van der Waals surface area contributed by atoms with Crippen LogP contribution in [0.3, 0.4) is 0 Å². The maximum atomic E-state index is 12.2. The molecule has 1 atom stereocenters. The fraction of sp³-hybridized carbons (Fsp3) is 0.278. The summed E-state index contributed by atoms with van der Waals surface area (Å²) in [6, 6.07) is 8.75. The van der Waals surface area contributed by atoms with E-state index in [2.05, 4.69) is 25.4 Å². The predicted octanol–water partition coefficient (Wildman–Crippen LogP) is 1.28. The molecule has 1 aliphatic rings. The van der Waals surface area contributed by atoms with Gasteiger partial charge in [0.15, 0.2) is 5.76 Å². The lowest BCUT2D eigenvalue weighted by Crippen LogP contribution is -2.35. The first-order valence-corrected chi connectivity index (χ1v) is 8.45. The van der Waals surface area contributed by atoms with Crippen LogP contribution in [-0.2, 0) is 10.4 Å². The summed E-state index contributed by atoms with van der Waals surface area (Å²) < 4.78 is 5.28. The second-order valence-corrected chi connectivity index (χ2v) is 6.34. The van der Waals surface area contributed by atoms with E-state index in [9.17, 15) is 9.90 Å². The van der Waals surface area contributed by atoms with Crippen molar-refractivity contribution in [2.45, 2.75) is 12.0 Å². The third-order valence-electron chi connectivity index (χ3n) is 4.58. The molecule has 0 radical (unpaired) electrons. The van der Waals surface area contributed by atoms with Crippen molar-refractivity contribution in [3.05, 3.63) is 42.3 Å². The second-order valence-electron chi connectivity index (χ2n) is 6.34. The molecule has 4 heterocycles. The van der Waals surface area contributed by atoms with E-state index < -0.39 is 11.5 Å². The summed E-state index contributed by atoms with van der Waals surface area (Å²) in [5.74, 6) is 0.223. The van der Waals surface area contributed by atoms with Crippen LogP contribution in [0.1, 0.15) is 12.2 Å². The molecule has 0 unspecified atom stereocenters. The highest BCUT2D eigenvalue weighted by molar-refractivity contribution is 5.87. The third kappa shape index (κ3) is 2.91. The van der Waals surface area contributed by atoms with Crippen LogP contribution in [0.15, 0.2) is 41.1 Å². The summed E-state index contributed by atoms with van der Waals surface area (Å²) in [5.41, 5.74) is 0.615. The lowest BCUT2D eigenvalue weighted by Gasteiger charge is -2.16. The van der Waals surface area contributed by atoms with Crippen molar-refractivity contribution in [2.75, 3.05) is 26.0 Å². The molecule has 0 aliphatic carbocycles. The number of rotatable bonds is 4. The Morgan fingerprint density at radius 3 is 2.63 bits per heavy atom. The number of likely N-dealkylation sites (tertiary alicyclic amines) is 1. The van der Waals surface area contributed by atoms with Crippen molar-refractivity contribution < 1.29 is 14.4 Å². The molecule has 27 heavy (non-hydrogen) atoms. The molecule has 9 heteroatoms. The smallest absolute Gasteiger partial charge is 0.262 e. The van der Waals surface area contributed by atoms with Gasteiger partial charge in [0.05, 0.1) is 17.1 Å². The number of hydrogen-bond donors (Lipinski definition) is 2. The van der Waals surface area contributed by atoms with Crippen LogP contribution < -0.4 is 5.32 Å². The maximum Gasteiger partial charge on any atom is 0.262 e. The molecule has 1 saturated heterocycles. The van der Waals surface area contributed by atoms with Gasteiger partial charge < -0.3 is 19.8 Å². The number of pyridine rings is 1. The molecule has 138 valence electrons. The van der Waals surface area contributed by atoms with Gasteiger partial charge in [-0.3, -0.25) is 4.79 Å². The fourth-order valence-electron chi connectivity index (χ4n) is 3.01. The van der Waals surface area contributed by atoms with Gasteiger partial charge in [0.2, 0.25) is 11.5 Å². The first kappa shape index (κ1) is 17.1. The van der Waals surface area contributed by atoms with Gasteiger partial charge in [-0.15, -0.1) is 0 Å². The van der Waals surface area contributed by atoms with E-state index in [0.29, 0.717) is 35.3 Å². The Morgan fingerprint density at radius 2 is 1.93 bits per heavy atom. The maximum absolute atomic E-state index is 12.2. The molecule has 1 amide bonds. The zero-order chi connectivity index (χ0) is 19.0. The molecule has 3 aromatic heterocycles. The molecular weight excluding hydrogens is 348 g/mol. The summed E-state index contributed by atoms with van der Waals surface area (Å²) in [4.78, 5) is 26.7. The largest absolute Gasteiger partial charge is 0.373 e. The minimum atomic E-state index is -1.67. The molecule has 4 rings (SSSR count). The second kappa shape index (κ2) is 6.44. The Morgan fingerprint density at radius 1 is 1.19 bits per heavy atom. The highest BCUT2D eigenvalue weighted by Crippen LogP contribution is 2.34. The van der Waals surface area contributed by atoms with E-state index >= 15 is 0 Å². The summed E-state index contributed by atoms with van der Waals surface area (Å²) in [7, 11) is 3.39. The third-order valence-corrected chi connectivity index (χ3v) is 4.58. The number of nitrogens with zero attached hydrogens (tertiary/aromatic N) is 5. The summed E-state index contributed by atoms with van der Waals surface area (Å²) in [6.07, 6.45) is 1.91. The van der Waals surface area contributed by atoms with Crippen molar-refractivity contribution in [1.29, 1.82) is 0 Å². The van der Waals surface area contributed by atoms with Crippen molar-refractivity contribution in [3.8, 4) is 22.8 Å². The van der Waals surface area contributed by atoms with E-state index in [1.54, 1.807) is 38.5 Å². The van der Waals surface area contributed by atoms with Gasteiger partial charge >= 0.3 is 0 Å². The average Bonchev–Trinajstić information content (AvgIpc) is 3.31. The number of likely N-dealkylation sites (N-methyl/N-ethyl adjacent to an activating group) is 1. The normalized spacial score (nSPS) is 19.5. The van der Waals surface area contributed by atoms with E-state index in [4.69, 9.17) is 4.52 Å². The standard InChI is InChI=1S/C18H18N6O3/c1-19-17-20-8-6-13(22-17)11-4-3-5-12(21-11)14-10-15(27-23-14)18(26)7-9-24(2)16(18)25/h3-6,8,10,26H,7,9H2,1-2H3,(H,19,20,22)/t18-/m1/s1. The van der Waals surface area contributed by atoms with E-state index in [1.807, 2.05) is 12.1 Å². The van der Waals surface area contributed by atoms with E-state index in [1.165, 1.54) is 4.90 Å². The van der Waals surface area contributed by atoms with E-state index in [-0.39, 0.29) is 12.2 Å². The first-order valence-electron chi connectivity index (χ1n) is 8.45. The van der Waals surface area contributed by atoms with E-state index in [0.717, 1.165) is 0 Å². The number of nitrogens with one attached hydrogen (secondary N) is 1. The van der Waals surface area contributed by atoms with Crippen molar-refractivity contribution >= 4 is 11.9 Å². The zero-order valence-electron chi connectivity index (χ0n) is 14.9. The Bertz CT molecular complexity index is 1000. The Labute approximate surface area is 155 Å². The Balaban J connectivity index is 1.67. The number of carbonyl (C=O) groups excluding carboxylic acids is 1. The Hall–Kier alpha value is -3.33. The summed E-state index contributed by atoms with van der Waals surface area (Å²) in [5, 5.41) is 17.6. The van der Waals surface area contributed by atoms with Crippen molar-refractivity contribution in [3.63, 3.8) is 0 Å². The molecule has 0 saturated carbocycles. The van der Waals surface area contributed by atoms with Crippen LogP contribution in [0.4, 0.5) is 5.95 Å². The highest BCUT2D eigenvalue weighted by atomic mass is 16.5. The lowest BCUT2D eigenvalue weighted by atomic mass is 9.98. The van der Waals surface area contributed by atoms with Crippen molar-refractivity contribution in [1.82, 2.24) is 25.0 Å². The molecule has 3 aromatic rings. The van der Waals surface area contributed by atoms with Crippen LogP contribution in [0.25, 0.3) is 22.8 Å². The molecule has 9 nitrogen and oxygen atoms in total. The van der Waals surface area contributed by atoms with Gasteiger partial charge in [0, 0.05) is 39.3 Å². The van der Waals surface area contributed by atoms with Gasteiger partial charge in [-0.1, -0.05) is 11.2 Å². The number of hydrogen-bond acceptors (Lipinski definition) is 8. The number of aromatic nitrogens is 4. The molecule has 1 aliphatic heterocycles. The number of carbonyl (C=O) groups is 1. The monoisotopic (exact) mass is 366 g/mol. The highest BCUT2D eigenvalue weighted by Gasteiger charge is 2.48. The van der Waals surface area contributed by atoms with Gasteiger partial charge in [0.1, 0.15) is 5.69 Å². The number of amides is 1. The fourth-order valence-corrected chi connectivity index (χ4v) is 3.01. The van der Waals surface area contributed by atoms with Gasteiger partial charge in [-0.2, -0.15) is 0 Å². The van der Waals surface area contributed by atoms with Crippen LogP contribution >= 0.6 is 0 Å². The number of aliphatic hydroxyl groups is 1. The molecule has 2 N–H and O–H groups in total. The minimum absolute atomic E-state index is 0.124. The Kier molecular flexibility index (Phi) is 4.08. The number of anilines is 1. The van der Waals surface area contributed by atoms with Crippen LogP contribution in [0.5, 0.6) is 0 Å². The SMILES string of the molecule is CNc1nccc(-c2cccc(-c3cc([C@]4(O)CCN(C)C4=O)on3)n2)n1. The average molecular weight is 366 g/mol. The molecule has 0 bridgehead atoms. The molecular formula is C18H18N6O3. The topological polar surface area (TPSA) is 117 Å². The van der Waals surface area contributed by atoms with Gasteiger partial charge in [-0.05, 0) is 18.2 Å². The zero-order valence-corrected chi connectivity index (χ0v) is 14.9. The van der Waals surface area contributed by atoms with Gasteiger partial charge in [0.25, 0.3) is 5.91 Å². The molecule has 0 aromatic carbocycles. The first-order chi connectivity index (χ1) is 13.0. The molecule has 0 spiro atoms. The molecule has 1 fully saturated rings. The van der Waals surface area contributed by atoms with Gasteiger partial charge in [-0.25, -0.2) is 15.0 Å². The predicted molar refractivity (Wildman–Crippen MR) is 96.5 cm³/mol. The van der Waals surface area contributed by atoms with Crippen LogP contribution in [-0.4, -0.2) is 56.7 Å². The van der Waals surface area contributed by atoms with Crippen LogP contribution in [0, 0.1) is 0 Å². The van der Waals surface area contributed by atoms with Crippen LogP contribution in [0.2, 0.25) is 0 Å². The summed E-state index contributed by atoms with van der Waals surface area (Å²) in [6.45, 7) is 0.459. The minimum Gasteiger partial charge on any atom is -0.373 e. The lowest BCUT2D eigenvalue weighted by molar-refractivity contribution is -0.144. The van der Waals surface area contributed by atoms with Crippen molar-refractivity contribution in [2.24, 2.45) is 0 Å². The quantitative estimate of drug-likeness (QED) is 0.709. The summed E-state index contributed by atoms with van der Waals surface area (Å²) >= 11 is 0.